The number of aromatic nitrogens is 1. The van der Waals surface area contributed by atoms with Crippen molar-refractivity contribution in [3.8, 4) is 6.07 Å². The fourth-order valence-corrected chi connectivity index (χ4v) is 1.92. The van der Waals surface area contributed by atoms with Crippen LogP contribution in [0.15, 0.2) is 0 Å². The van der Waals surface area contributed by atoms with Gasteiger partial charge in [-0.1, -0.05) is 25.2 Å². The van der Waals surface area contributed by atoms with Crippen molar-refractivity contribution in [2.24, 2.45) is 0 Å². The molecule has 0 aliphatic carbocycles. The van der Waals surface area contributed by atoms with Crippen molar-refractivity contribution < 1.29 is 0 Å². The topological polar surface area (TPSA) is 39.9 Å². The first-order chi connectivity index (χ1) is 6.06. The van der Waals surface area contributed by atoms with E-state index in [1.54, 1.807) is 0 Å². The highest BCUT2D eigenvalue weighted by Crippen LogP contribution is 2.28. The molecule has 1 rings (SSSR count). The summed E-state index contributed by atoms with van der Waals surface area (Å²) < 4.78 is 0. The summed E-state index contributed by atoms with van der Waals surface area (Å²) in [6.45, 7) is 4.10. The van der Waals surface area contributed by atoms with E-state index >= 15 is 0 Å². The van der Waals surface area contributed by atoms with Crippen molar-refractivity contribution in [2.75, 3.05) is 19.0 Å². The second kappa shape index (κ2) is 3.75. The molecule has 0 radical (unpaired) electrons. The predicted octanol–water partition coefficient (Wildman–Crippen LogP) is 2.20. The van der Waals surface area contributed by atoms with Gasteiger partial charge in [-0.15, -0.1) is 0 Å². The van der Waals surface area contributed by atoms with E-state index in [4.69, 9.17) is 5.26 Å². The smallest absolute Gasteiger partial charge is 0.186 e. The standard InChI is InChI=1S/C9H13N3S/c1-6(2)8-7(5-10)13-9(11-8)12(3)4/h6H,1-4H3. The maximum Gasteiger partial charge on any atom is 0.186 e. The Hall–Kier alpha value is -1.08. The van der Waals surface area contributed by atoms with Crippen LogP contribution in [0.4, 0.5) is 5.13 Å². The molecule has 0 N–H and O–H groups in total. The number of hydrogen-bond donors (Lipinski definition) is 0. The minimum atomic E-state index is 0.319. The van der Waals surface area contributed by atoms with Crippen LogP contribution in [-0.4, -0.2) is 19.1 Å². The molecule has 0 spiro atoms. The Balaban J connectivity index is 3.14. The Bertz CT molecular complexity index is 333. The van der Waals surface area contributed by atoms with E-state index in [0.717, 1.165) is 15.7 Å². The molecule has 0 fully saturated rings. The van der Waals surface area contributed by atoms with E-state index in [2.05, 4.69) is 24.9 Å². The molecule has 4 heteroatoms. The molecule has 0 saturated heterocycles. The third kappa shape index (κ3) is 1.99. The largest absolute Gasteiger partial charge is 0.354 e. The van der Waals surface area contributed by atoms with Crippen molar-refractivity contribution in [3.63, 3.8) is 0 Å². The van der Waals surface area contributed by atoms with Crippen LogP contribution < -0.4 is 4.90 Å². The molecule has 0 aliphatic rings. The van der Waals surface area contributed by atoms with Gasteiger partial charge in [-0.05, 0) is 5.92 Å². The van der Waals surface area contributed by atoms with Gasteiger partial charge in [0, 0.05) is 14.1 Å². The number of rotatable bonds is 2. The zero-order valence-electron chi connectivity index (χ0n) is 8.33. The van der Waals surface area contributed by atoms with Crippen molar-refractivity contribution in [1.82, 2.24) is 4.98 Å². The van der Waals surface area contributed by atoms with Crippen molar-refractivity contribution in [1.29, 1.82) is 5.26 Å². The van der Waals surface area contributed by atoms with Gasteiger partial charge in [-0.25, -0.2) is 4.98 Å². The highest BCUT2D eigenvalue weighted by molar-refractivity contribution is 7.16. The van der Waals surface area contributed by atoms with Crippen LogP contribution in [0.5, 0.6) is 0 Å². The summed E-state index contributed by atoms with van der Waals surface area (Å²) in [5.41, 5.74) is 0.913. The van der Waals surface area contributed by atoms with Gasteiger partial charge in [-0.3, -0.25) is 0 Å². The highest BCUT2D eigenvalue weighted by Gasteiger charge is 2.14. The quantitative estimate of drug-likeness (QED) is 0.726. The van der Waals surface area contributed by atoms with Crippen LogP contribution in [0.3, 0.4) is 0 Å². The molecule has 0 atom stereocenters. The van der Waals surface area contributed by atoms with Crippen LogP contribution in [-0.2, 0) is 0 Å². The molecule has 1 aromatic heterocycles. The van der Waals surface area contributed by atoms with Gasteiger partial charge >= 0.3 is 0 Å². The van der Waals surface area contributed by atoms with E-state index in [-0.39, 0.29) is 0 Å². The molecule has 0 amide bonds. The van der Waals surface area contributed by atoms with Crippen molar-refractivity contribution in [2.45, 2.75) is 19.8 Å². The summed E-state index contributed by atoms with van der Waals surface area (Å²) >= 11 is 1.45. The third-order valence-corrected chi connectivity index (χ3v) is 2.82. The molecule has 0 aliphatic heterocycles. The predicted molar refractivity (Wildman–Crippen MR) is 55.2 cm³/mol. The average Bonchev–Trinajstić information content (AvgIpc) is 2.47. The zero-order chi connectivity index (χ0) is 10.0. The molecule has 0 unspecified atom stereocenters. The second-order valence-electron chi connectivity index (χ2n) is 3.37. The van der Waals surface area contributed by atoms with Crippen LogP contribution in [0.1, 0.15) is 30.3 Å². The first-order valence-electron chi connectivity index (χ1n) is 4.14. The minimum absolute atomic E-state index is 0.319. The zero-order valence-corrected chi connectivity index (χ0v) is 9.14. The van der Waals surface area contributed by atoms with Crippen LogP contribution in [0, 0.1) is 11.3 Å². The second-order valence-corrected chi connectivity index (χ2v) is 4.35. The number of hydrogen-bond acceptors (Lipinski definition) is 4. The molecule has 1 aromatic rings. The Kier molecular flexibility index (Phi) is 2.89. The lowest BCUT2D eigenvalue weighted by Crippen LogP contribution is -2.08. The lowest BCUT2D eigenvalue weighted by Gasteiger charge is -2.05. The molecule has 3 nitrogen and oxygen atoms in total. The van der Waals surface area contributed by atoms with Gasteiger partial charge in [0.1, 0.15) is 10.9 Å². The Morgan fingerprint density at radius 1 is 1.46 bits per heavy atom. The van der Waals surface area contributed by atoms with Gasteiger partial charge in [0.15, 0.2) is 5.13 Å². The average molecular weight is 195 g/mol. The molecule has 0 aromatic carbocycles. The number of nitrogens with zero attached hydrogens (tertiary/aromatic N) is 3. The van der Waals surface area contributed by atoms with Crippen molar-refractivity contribution in [3.05, 3.63) is 10.6 Å². The SMILES string of the molecule is CC(C)c1nc(N(C)C)sc1C#N. The summed E-state index contributed by atoms with van der Waals surface area (Å²) in [4.78, 5) is 7.06. The molecular formula is C9H13N3S. The Labute approximate surface area is 82.6 Å². The lowest BCUT2D eigenvalue weighted by molar-refractivity contribution is 0.827. The van der Waals surface area contributed by atoms with Gasteiger partial charge in [0.25, 0.3) is 0 Å². The highest BCUT2D eigenvalue weighted by atomic mass is 32.1. The molecule has 70 valence electrons. The summed E-state index contributed by atoms with van der Waals surface area (Å²) in [6, 6.07) is 2.18. The number of thiazole rings is 1. The van der Waals surface area contributed by atoms with Gasteiger partial charge in [0.05, 0.1) is 5.69 Å². The summed E-state index contributed by atoms with van der Waals surface area (Å²) in [5.74, 6) is 0.319. The first kappa shape index (κ1) is 10.0. The number of anilines is 1. The van der Waals surface area contributed by atoms with E-state index < -0.39 is 0 Å². The Morgan fingerprint density at radius 3 is 2.38 bits per heavy atom. The van der Waals surface area contributed by atoms with Crippen molar-refractivity contribution >= 4 is 16.5 Å². The fourth-order valence-electron chi connectivity index (χ4n) is 0.983. The minimum Gasteiger partial charge on any atom is -0.354 e. The number of nitriles is 1. The maximum absolute atomic E-state index is 8.86. The van der Waals surface area contributed by atoms with E-state index in [0.29, 0.717) is 5.92 Å². The Morgan fingerprint density at radius 2 is 2.08 bits per heavy atom. The van der Waals surface area contributed by atoms with E-state index in [1.807, 2.05) is 19.0 Å². The van der Waals surface area contributed by atoms with Crippen LogP contribution in [0.2, 0.25) is 0 Å². The monoisotopic (exact) mass is 195 g/mol. The molecule has 0 bridgehead atoms. The van der Waals surface area contributed by atoms with Crippen LogP contribution >= 0.6 is 11.3 Å². The van der Waals surface area contributed by atoms with Gasteiger partial charge in [0.2, 0.25) is 0 Å². The molecule has 13 heavy (non-hydrogen) atoms. The summed E-state index contributed by atoms with van der Waals surface area (Å²) in [7, 11) is 3.87. The summed E-state index contributed by atoms with van der Waals surface area (Å²) in [5, 5.41) is 9.77. The normalized spacial score (nSPS) is 10.2. The van der Waals surface area contributed by atoms with E-state index in [1.165, 1.54) is 11.3 Å². The van der Waals surface area contributed by atoms with Crippen LogP contribution in [0.25, 0.3) is 0 Å². The van der Waals surface area contributed by atoms with Gasteiger partial charge in [-0.2, -0.15) is 5.26 Å². The first-order valence-corrected chi connectivity index (χ1v) is 4.96. The van der Waals surface area contributed by atoms with Gasteiger partial charge < -0.3 is 4.90 Å². The molecule has 1 heterocycles. The summed E-state index contributed by atoms with van der Waals surface area (Å²) in [6.07, 6.45) is 0. The molecular weight excluding hydrogens is 182 g/mol. The fraction of sp³-hybridized carbons (Fsp3) is 0.556. The van der Waals surface area contributed by atoms with E-state index in [9.17, 15) is 0 Å². The molecule has 0 saturated carbocycles. The maximum atomic E-state index is 8.86. The third-order valence-electron chi connectivity index (χ3n) is 1.67. The lowest BCUT2D eigenvalue weighted by atomic mass is 10.1.